The minimum absolute atomic E-state index is 0.0513. The second-order valence-corrected chi connectivity index (χ2v) is 6.77. The first-order chi connectivity index (χ1) is 10.3. The third kappa shape index (κ3) is 8.80. The van der Waals surface area contributed by atoms with Gasteiger partial charge >= 0.3 is 0 Å². The Labute approximate surface area is 131 Å². The average molecular weight is 299 g/mol. The summed E-state index contributed by atoms with van der Waals surface area (Å²) in [5, 5.41) is 22.3. The number of unbranched alkanes of at least 4 members (excludes halogenated alkanes) is 9. The molecule has 1 heterocycles. The molecule has 0 saturated carbocycles. The molecule has 1 saturated heterocycles. The summed E-state index contributed by atoms with van der Waals surface area (Å²) in [6, 6.07) is 0.395. The third-order valence-electron chi connectivity index (χ3n) is 4.83. The van der Waals surface area contributed by atoms with Crippen molar-refractivity contribution in [3.8, 4) is 0 Å². The molecule has 21 heavy (non-hydrogen) atoms. The zero-order valence-corrected chi connectivity index (χ0v) is 14.0. The van der Waals surface area contributed by atoms with E-state index in [1.165, 1.54) is 70.6 Å². The van der Waals surface area contributed by atoms with Crippen molar-refractivity contribution in [3.05, 3.63) is 0 Å². The lowest BCUT2D eigenvalue weighted by Crippen LogP contribution is -2.52. The molecule has 3 heteroatoms. The highest BCUT2D eigenvalue weighted by atomic mass is 16.3. The fourth-order valence-electron chi connectivity index (χ4n) is 3.35. The Morgan fingerprint density at radius 3 is 2.00 bits per heavy atom. The van der Waals surface area contributed by atoms with E-state index in [1.54, 1.807) is 0 Å². The van der Waals surface area contributed by atoms with Gasteiger partial charge in [0.1, 0.15) is 0 Å². The molecule has 3 atom stereocenters. The van der Waals surface area contributed by atoms with Gasteiger partial charge in [-0.15, -0.1) is 0 Å². The molecule has 3 nitrogen and oxygen atoms in total. The Balaban J connectivity index is 1.88. The van der Waals surface area contributed by atoms with Crippen LogP contribution in [0.5, 0.6) is 0 Å². The van der Waals surface area contributed by atoms with Crippen molar-refractivity contribution in [1.82, 2.24) is 5.32 Å². The SMILES string of the molecule is CCCCCCCCCCCC[C@@H]1CC[C@H](O)[C@@H](CO)N1. The zero-order chi connectivity index (χ0) is 15.3. The lowest BCUT2D eigenvalue weighted by molar-refractivity contribution is 0.0482. The molecule has 3 N–H and O–H groups in total. The number of hydrogen-bond acceptors (Lipinski definition) is 3. The Morgan fingerprint density at radius 2 is 1.43 bits per heavy atom. The molecule has 1 fully saturated rings. The molecule has 0 aromatic rings. The summed E-state index contributed by atoms with van der Waals surface area (Å²) < 4.78 is 0. The molecule has 0 amide bonds. The molecule has 1 aliphatic heterocycles. The number of aliphatic hydroxyl groups excluding tert-OH is 2. The number of aliphatic hydroxyl groups is 2. The molecule has 1 aliphatic rings. The highest BCUT2D eigenvalue weighted by Crippen LogP contribution is 2.18. The maximum Gasteiger partial charge on any atom is 0.0716 e. The van der Waals surface area contributed by atoms with Gasteiger partial charge in [-0.05, 0) is 19.3 Å². The first-order valence-corrected chi connectivity index (χ1v) is 9.33. The monoisotopic (exact) mass is 299 g/mol. The standard InChI is InChI=1S/C18H37NO2/c1-2-3-4-5-6-7-8-9-10-11-12-16-13-14-18(21)17(15-20)19-16/h16-21H,2-15H2,1H3/t16-,17-,18+/m1/s1. The van der Waals surface area contributed by atoms with E-state index in [-0.39, 0.29) is 18.8 Å². The number of nitrogens with one attached hydrogen (secondary N) is 1. The Kier molecular flexibility index (Phi) is 11.2. The summed E-state index contributed by atoms with van der Waals surface area (Å²) in [6.07, 6.45) is 16.5. The highest BCUT2D eigenvalue weighted by molar-refractivity contribution is 4.86. The van der Waals surface area contributed by atoms with Crippen LogP contribution in [0.15, 0.2) is 0 Å². The molecular weight excluding hydrogens is 262 g/mol. The number of piperidine rings is 1. The van der Waals surface area contributed by atoms with Crippen LogP contribution in [-0.2, 0) is 0 Å². The molecule has 0 radical (unpaired) electrons. The van der Waals surface area contributed by atoms with Crippen molar-refractivity contribution < 1.29 is 10.2 Å². The second-order valence-electron chi connectivity index (χ2n) is 6.77. The molecule has 0 bridgehead atoms. The van der Waals surface area contributed by atoms with Gasteiger partial charge in [-0.2, -0.15) is 0 Å². The van der Waals surface area contributed by atoms with E-state index in [0.29, 0.717) is 6.04 Å². The summed E-state index contributed by atoms with van der Waals surface area (Å²) in [7, 11) is 0. The Morgan fingerprint density at radius 1 is 0.857 bits per heavy atom. The normalized spacial score (nSPS) is 26.1. The van der Waals surface area contributed by atoms with Crippen molar-refractivity contribution in [2.75, 3.05) is 6.61 Å². The fourth-order valence-corrected chi connectivity index (χ4v) is 3.35. The minimum atomic E-state index is -0.362. The van der Waals surface area contributed by atoms with E-state index in [4.69, 9.17) is 0 Å². The van der Waals surface area contributed by atoms with E-state index in [9.17, 15) is 10.2 Å². The van der Waals surface area contributed by atoms with Crippen LogP contribution in [0.3, 0.4) is 0 Å². The van der Waals surface area contributed by atoms with Gasteiger partial charge in [-0.3, -0.25) is 0 Å². The second kappa shape index (κ2) is 12.4. The van der Waals surface area contributed by atoms with Crippen LogP contribution in [0.25, 0.3) is 0 Å². The van der Waals surface area contributed by atoms with Crippen molar-refractivity contribution in [2.24, 2.45) is 0 Å². The number of rotatable bonds is 12. The van der Waals surface area contributed by atoms with E-state index < -0.39 is 0 Å². The largest absolute Gasteiger partial charge is 0.395 e. The summed E-state index contributed by atoms with van der Waals surface area (Å²) in [5.41, 5.74) is 0. The Bertz CT molecular complexity index is 235. The third-order valence-corrected chi connectivity index (χ3v) is 4.83. The maximum absolute atomic E-state index is 9.71. The predicted octanol–water partition coefficient (Wildman–Crippen LogP) is 3.77. The molecule has 126 valence electrons. The van der Waals surface area contributed by atoms with Crippen LogP contribution < -0.4 is 5.32 Å². The maximum atomic E-state index is 9.71. The number of hydrogen-bond donors (Lipinski definition) is 3. The zero-order valence-electron chi connectivity index (χ0n) is 14.0. The topological polar surface area (TPSA) is 52.5 Å². The van der Waals surface area contributed by atoms with Gasteiger partial charge in [-0.25, -0.2) is 0 Å². The van der Waals surface area contributed by atoms with Crippen LogP contribution in [0.1, 0.15) is 90.4 Å². The van der Waals surface area contributed by atoms with E-state index in [0.717, 1.165) is 12.8 Å². The van der Waals surface area contributed by atoms with Gasteiger partial charge in [0, 0.05) is 6.04 Å². The quantitative estimate of drug-likeness (QED) is 0.481. The van der Waals surface area contributed by atoms with Crippen molar-refractivity contribution in [3.63, 3.8) is 0 Å². The predicted molar refractivity (Wildman–Crippen MR) is 89.5 cm³/mol. The van der Waals surface area contributed by atoms with E-state index in [2.05, 4.69) is 12.2 Å². The molecular formula is C18H37NO2. The van der Waals surface area contributed by atoms with Crippen LogP contribution in [0.2, 0.25) is 0 Å². The molecule has 0 unspecified atom stereocenters. The molecule has 0 spiro atoms. The van der Waals surface area contributed by atoms with E-state index >= 15 is 0 Å². The fraction of sp³-hybridized carbons (Fsp3) is 1.00. The van der Waals surface area contributed by atoms with Crippen LogP contribution in [-0.4, -0.2) is 35.0 Å². The smallest absolute Gasteiger partial charge is 0.0716 e. The molecule has 1 rings (SSSR count). The first-order valence-electron chi connectivity index (χ1n) is 9.33. The first kappa shape index (κ1) is 18.9. The van der Waals surface area contributed by atoms with Crippen LogP contribution in [0.4, 0.5) is 0 Å². The van der Waals surface area contributed by atoms with Gasteiger partial charge < -0.3 is 15.5 Å². The lowest BCUT2D eigenvalue weighted by atomic mass is 9.93. The summed E-state index contributed by atoms with van der Waals surface area (Å²) in [5.74, 6) is 0. The Hall–Kier alpha value is -0.120. The summed E-state index contributed by atoms with van der Waals surface area (Å²) in [6.45, 7) is 2.32. The summed E-state index contributed by atoms with van der Waals surface area (Å²) in [4.78, 5) is 0. The molecule has 0 aliphatic carbocycles. The van der Waals surface area contributed by atoms with Crippen molar-refractivity contribution in [1.29, 1.82) is 0 Å². The van der Waals surface area contributed by atoms with Gasteiger partial charge in [0.2, 0.25) is 0 Å². The van der Waals surface area contributed by atoms with Crippen LogP contribution in [0, 0.1) is 0 Å². The van der Waals surface area contributed by atoms with Crippen LogP contribution >= 0.6 is 0 Å². The average Bonchev–Trinajstić information content (AvgIpc) is 2.50. The molecule has 0 aromatic carbocycles. The summed E-state index contributed by atoms with van der Waals surface area (Å²) >= 11 is 0. The van der Waals surface area contributed by atoms with Crippen molar-refractivity contribution in [2.45, 2.75) is 109 Å². The van der Waals surface area contributed by atoms with Gasteiger partial charge in [0.05, 0.1) is 18.8 Å². The van der Waals surface area contributed by atoms with Crippen molar-refractivity contribution >= 4 is 0 Å². The van der Waals surface area contributed by atoms with Gasteiger partial charge in [-0.1, -0.05) is 71.1 Å². The van der Waals surface area contributed by atoms with Gasteiger partial charge in [0.25, 0.3) is 0 Å². The lowest BCUT2D eigenvalue weighted by Gasteiger charge is -2.34. The molecule has 0 aromatic heterocycles. The highest BCUT2D eigenvalue weighted by Gasteiger charge is 2.27. The van der Waals surface area contributed by atoms with E-state index in [1.807, 2.05) is 0 Å². The van der Waals surface area contributed by atoms with Gasteiger partial charge in [0.15, 0.2) is 0 Å². The minimum Gasteiger partial charge on any atom is -0.395 e.